The minimum atomic E-state index is -0.157. The molecule has 0 radical (unpaired) electrons. The van der Waals surface area contributed by atoms with Gasteiger partial charge in [0.2, 0.25) is 0 Å². The number of carbonyl (C=O) groups is 1. The number of nitrogens with one attached hydrogen (secondary N) is 1. The minimum Gasteiger partial charge on any atom is -0.497 e. The highest BCUT2D eigenvalue weighted by atomic mass is 16.5. The summed E-state index contributed by atoms with van der Waals surface area (Å²) in [5.41, 5.74) is 3.48. The maximum absolute atomic E-state index is 12.5. The number of methoxy groups -OCH3 is 2. The van der Waals surface area contributed by atoms with Gasteiger partial charge >= 0.3 is 0 Å². The fourth-order valence-electron chi connectivity index (χ4n) is 3.40. The lowest BCUT2D eigenvalue weighted by molar-refractivity contribution is 0.0948. The number of allylic oxidation sites excluding steroid dienone is 1. The monoisotopic (exact) mass is 369 g/mol. The van der Waals surface area contributed by atoms with Crippen molar-refractivity contribution in [1.29, 1.82) is 0 Å². The molecule has 0 spiro atoms. The van der Waals surface area contributed by atoms with Gasteiger partial charge in [-0.15, -0.1) is 0 Å². The molecule has 0 atom stereocenters. The molecule has 1 aliphatic carbocycles. The van der Waals surface area contributed by atoms with Gasteiger partial charge in [0.15, 0.2) is 5.69 Å². The fourth-order valence-corrected chi connectivity index (χ4v) is 3.40. The Labute approximate surface area is 160 Å². The largest absolute Gasteiger partial charge is 0.497 e. The van der Waals surface area contributed by atoms with Gasteiger partial charge < -0.3 is 14.8 Å². The number of rotatable bonds is 7. The third-order valence-corrected chi connectivity index (χ3v) is 4.91. The third-order valence-electron chi connectivity index (χ3n) is 4.91. The van der Waals surface area contributed by atoms with Crippen LogP contribution in [0.4, 0.5) is 0 Å². The molecule has 1 amide bonds. The number of aryl methyl sites for hydroxylation is 1. The SMILES string of the molecule is COc1ccc(OC)c(-c2cc(C(=O)NCCC3=CCCCC3)nn2C)c1. The van der Waals surface area contributed by atoms with Crippen molar-refractivity contribution < 1.29 is 14.3 Å². The first kappa shape index (κ1) is 19.0. The number of ether oxygens (including phenoxy) is 2. The molecule has 2 aromatic rings. The molecule has 0 bridgehead atoms. The van der Waals surface area contributed by atoms with Crippen molar-refractivity contribution in [3.63, 3.8) is 0 Å². The molecule has 0 saturated heterocycles. The Hall–Kier alpha value is -2.76. The van der Waals surface area contributed by atoms with Crippen LogP contribution >= 0.6 is 0 Å². The van der Waals surface area contributed by atoms with E-state index in [0.717, 1.165) is 36.3 Å². The number of hydrogen-bond acceptors (Lipinski definition) is 4. The summed E-state index contributed by atoms with van der Waals surface area (Å²) in [6.07, 6.45) is 8.07. The predicted octanol–water partition coefficient (Wildman–Crippen LogP) is 3.72. The maximum Gasteiger partial charge on any atom is 0.271 e. The first-order valence-corrected chi connectivity index (χ1v) is 9.35. The number of nitrogens with zero attached hydrogens (tertiary/aromatic N) is 2. The molecule has 1 aromatic carbocycles. The van der Waals surface area contributed by atoms with Gasteiger partial charge in [0, 0.05) is 19.2 Å². The van der Waals surface area contributed by atoms with E-state index in [1.165, 1.54) is 18.4 Å². The minimum absolute atomic E-state index is 0.157. The van der Waals surface area contributed by atoms with Crippen LogP contribution in [0.15, 0.2) is 35.9 Å². The molecule has 1 heterocycles. The molecular formula is C21H27N3O3. The van der Waals surface area contributed by atoms with E-state index in [1.54, 1.807) is 25.0 Å². The predicted molar refractivity (Wildman–Crippen MR) is 105 cm³/mol. The highest BCUT2D eigenvalue weighted by molar-refractivity contribution is 5.93. The van der Waals surface area contributed by atoms with E-state index in [1.807, 2.05) is 25.2 Å². The number of hydrogen-bond donors (Lipinski definition) is 1. The van der Waals surface area contributed by atoms with Crippen molar-refractivity contribution in [1.82, 2.24) is 15.1 Å². The lowest BCUT2D eigenvalue weighted by Gasteiger charge is -2.12. The lowest BCUT2D eigenvalue weighted by atomic mass is 9.97. The fraction of sp³-hybridized carbons (Fsp3) is 0.429. The molecule has 144 valence electrons. The standard InChI is InChI=1S/C21H27N3O3/c1-24-19(17-13-16(26-2)9-10-20(17)27-3)14-18(23-24)21(25)22-12-11-15-7-5-4-6-8-15/h7,9-10,13-14H,4-6,8,11-12H2,1-3H3,(H,22,25). The molecule has 1 N–H and O–H groups in total. The molecule has 1 aliphatic rings. The van der Waals surface area contributed by atoms with E-state index in [9.17, 15) is 4.79 Å². The van der Waals surface area contributed by atoms with E-state index in [-0.39, 0.29) is 5.91 Å². The molecule has 6 heteroatoms. The Morgan fingerprint density at radius 3 is 2.78 bits per heavy atom. The van der Waals surface area contributed by atoms with E-state index in [0.29, 0.717) is 18.0 Å². The molecular weight excluding hydrogens is 342 g/mol. The van der Waals surface area contributed by atoms with Crippen molar-refractivity contribution >= 4 is 5.91 Å². The molecule has 1 aromatic heterocycles. The molecule has 3 rings (SSSR count). The Morgan fingerprint density at radius 1 is 1.22 bits per heavy atom. The average Bonchev–Trinajstić information content (AvgIpc) is 3.09. The summed E-state index contributed by atoms with van der Waals surface area (Å²) in [6.45, 7) is 0.638. The van der Waals surface area contributed by atoms with Crippen LogP contribution in [-0.4, -0.2) is 36.5 Å². The summed E-state index contributed by atoms with van der Waals surface area (Å²) in [7, 11) is 5.06. The smallest absolute Gasteiger partial charge is 0.271 e. The summed E-state index contributed by atoms with van der Waals surface area (Å²) in [4.78, 5) is 12.5. The summed E-state index contributed by atoms with van der Waals surface area (Å²) >= 11 is 0. The van der Waals surface area contributed by atoms with E-state index >= 15 is 0 Å². The van der Waals surface area contributed by atoms with Crippen LogP contribution in [0.25, 0.3) is 11.3 Å². The summed E-state index contributed by atoms with van der Waals surface area (Å²) in [5, 5.41) is 7.35. The average molecular weight is 369 g/mol. The highest BCUT2D eigenvalue weighted by Gasteiger charge is 2.17. The highest BCUT2D eigenvalue weighted by Crippen LogP contribution is 2.33. The van der Waals surface area contributed by atoms with Gasteiger partial charge in [-0.05, 0) is 56.4 Å². The molecule has 6 nitrogen and oxygen atoms in total. The van der Waals surface area contributed by atoms with E-state index < -0.39 is 0 Å². The zero-order chi connectivity index (χ0) is 19.2. The van der Waals surface area contributed by atoms with Crippen molar-refractivity contribution in [2.24, 2.45) is 7.05 Å². The van der Waals surface area contributed by atoms with Gasteiger partial charge in [0.25, 0.3) is 5.91 Å². The van der Waals surface area contributed by atoms with E-state index in [4.69, 9.17) is 9.47 Å². The van der Waals surface area contributed by atoms with Gasteiger partial charge in [-0.1, -0.05) is 11.6 Å². The molecule has 0 aliphatic heterocycles. The van der Waals surface area contributed by atoms with Crippen LogP contribution < -0.4 is 14.8 Å². The number of amides is 1. The van der Waals surface area contributed by atoms with Crippen LogP contribution in [0, 0.1) is 0 Å². The first-order chi connectivity index (χ1) is 13.1. The van der Waals surface area contributed by atoms with Crippen LogP contribution in [0.3, 0.4) is 0 Å². The summed E-state index contributed by atoms with van der Waals surface area (Å²) < 4.78 is 12.5. The van der Waals surface area contributed by atoms with Gasteiger partial charge in [-0.2, -0.15) is 5.10 Å². The van der Waals surface area contributed by atoms with Crippen LogP contribution in [-0.2, 0) is 7.05 Å². The molecule has 0 fully saturated rings. The van der Waals surface area contributed by atoms with Crippen LogP contribution in [0.2, 0.25) is 0 Å². The van der Waals surface area contributed by atoms with E-state index in [2.05, 4.69) is 16.5 Å². The van der Waals surface area contributed by atoms with Crippen LogP contribution in [0.1, 0.15) is 42.6 Å². The maximum atomic E-state index is 12.5. The Balaban J connectivity index is 1.72. The summed E-state index contributed by atoms with van der Waals surface area (Å²) in [5.74, 6) is 1.27. The molecule has 27 heavy (non-hydrogen) atoms. The Morgan fingerprint density at radius 2 is 2.07 bits per heavy atom. The zero-order valence-corrected chi connectivity index (χ0v) is 16.2. The van der Waals surface area contributed by atoms with Gasteiger partial charge in [0.1, 0.15) is 11.5 Å². The first-order valence-electron chi connectivity index (χ1n) is 9.35. The molecule has 0 unspecified atom stereocenters. The number of aromatic nitrogens is 2. The van der Waals surface area contributed by atoms with Gasteiger partial charge in [-0.3, -0.25) is 9.48 Å². The normalized spacial score (nSPS) is 13.8. The van der Waals surface area contributed by atoms with Crippen molar-refractivity contribution in [2.45, 2.75) is 32.1 Å². The second-order valence-electron chi connectivity index (χ2n) is 6.72. The second kappa shape index (κ2) is 8.75. The lowest BCUT2D eigenvalue weighted by Crippen LogP contribution is -2.25. The second-order valence-corrected chi connectivity index (χ2v) is 6.72. The van der Waals surface area contributed by atoms with Gasteiger partial charge in [0.05, 0.1) is 19.9 Å². The number of carbonyl (C=O) groups excluding carboxylic acids is 1. The topological polar surface area (TPSA) is 65.4 Å². The van der Waals surface area contributed by atoms with Crippen molar-refractivity contribution in [2.75, 3.05) is 20.8 Å². The van der Waals surface area contributed by atoms with Crippen molar-refractivity contribution in [3.05, 3.63) is 41.6 Å². The Kier molecular flexibility index (Phi) is 6.16. The molecule has 0 saturated carbocycles. The number of benzene rings is 1. The van der Waals surface area contributed by atoms with Crippen molar-refractivity contribution in [3.8, 4) is 22.8 Å². The Bertz CT molecular complexity index is 839. The van der Waals surface area contributed by atoms with Gasteiger partial charge in [-0.25, -0.2) is 0 Å². The van der Waals surface area contributed by atoms with Crippen LogP contribution in [0.5, 0.6) is 11.5 Å². The quantitative estimate of drug-likeness (QED) is 0.756. The zero-order valence-electron chi connectivity index (χ0n) is 16.2. The third kappa shape index (κ3) is 4.51. The summed E-state index contributed by atoms with van der Waals surface area (Å²) in [6, 6.07) is 7.35.